The molecular weight excluding hydrogens is 304 g/mol. The molecule has 0 spiro atoms. The Kier molecular flexibility index (Phi) is 3.57. The minimum Gasteiger partial charge on any atom is -0.277 e. The third-order valence-corrected chi connectivity index (χ3v) is 6.22. The van der Waals surface area contributed by atoms with Crippen LogP contribution in [0.4, 0.5) is 0 Å². The molecule has 0 radical (unpaired) electrons. The molecule has 6 nitrogen and oxygen atoms in total. The summed E-state index contributed by atoms with van der Waals surface area (Å²) in [7, 11) is -3.57. The van der Waals surface area contributed by atoms with E-state index in [1.54, 1.807) is 19.1 Å². The van der Waals surface area contributed by atoms with Crippen molar-refractivity contribution in [3.05, 3.63) is 29.3 Å². The number of carbonyl (C=O) groups excluding carboxylic acids is 2. The van der Waals surface area contributed by atoms with Gasteiger partial charge in [-0.3, -0.25) is 14.5 Å². The summed E-state index contributed by atoms with van der Waals surface area (Å²) in [5.41, 5.74) is 1.58. The summed E-state index contributed by atoms with van der Waals surface area (Å²) in [5, 5.41) is 0. The zero-order valence-electron chi connectivity index (χ0n) is 12.6. The number of imide groups is 1. The number of aryl methyl sites for hydroxylation is 2. The maximum atomic E-state index is 12.6. The first-order valence-corrected chi connectivity index (χ1v) is 8.67. The van der Waals surface area contributed by atoms with Gasteiger partial charge in [-0.15, -0.1) is 0 Å². The van der Waals surface area contributed by atoms with E-state index < -0.39 is 10.0 Å². The summed E-state index contributed by atoms with van der Waals surface area (Å²) in [5.74, 6) is -0.391. The largest absolute Gasteiger partial charge is 0.277 e. The van der Waals surface area contributed by atoms with E-state index in [2.05, 4.69) is 0 Å². The summed E-state index contributed by atoms with van der Waals surface area (Å²) < 4.78 is 26.6. The zero-order valence-corrected chi connectivity index (χ0v) is 13.4. The Morgan fingerprint density at radius 1 is 1.05 bits per heavy atom. The lowest BCUT2D eigenvalue weighted by atomic mass is 10.1. The Morgan fingerprint density at radius 3 is 2.23 bits per heavy atom. The lowest BCUT2D eigenvalue weighted by Gasteiger charge is -2.42. The smallest absolute Gasteiger partial charge is 0.243 e. The summed E-state index contributed by atoms with van der Waals surface area (Å²) >= 11 is 0. The Hall–Kier alpha value is -1.73. The number of amides is 2. The van der Waals surface area contributed by atoms with E-state index in [-0.39, 0.29) is 43.8 Å². The topological polar surface area (TPSA) is 74.8 Å². The van der Waals surface area contributed by atoms with E-state index in [9.17, 15) is 18.0 Å². The van der Waals surface area contributed by atoms with Crippen LogP contribution in [0.1, 0.15) is 24.0 Å². The van der Waals surface area contributed by atoms with Crippen LogP contribution in [0, 0.1) is 13.8 Å². The lowest BCUT2D eigenvalue weighted by molar-refractivity contribution is -0.143. The van der Waals surface area contributed by atoms with Crippen LogP contribution < -0.4 is 0 Å². The highest BCUT2D eigenvalue weighted by atomic mass is 32.2. The minimum absolute atomic E-state index is 0.188. The molecule has 2 aliphatic heterocycles. The predicted octanol–water partition coefficient (Wildman–Crippen LogP) is 0.825. The van der Waals surface area contributed by atoms with E-state index >= 15 is 0 Å². The first kappa shape index (κ1) is 15.2. The van der Waals surface area contributed by atoms with Gasteiger partial charge in [-0.05, 0) is 31.0 Å². The molecule has 0 aliphatic carbocycles. The summed E-state index contributed by atoms with van der Waals surface area (Å²) in [6.07, 6.45) is 0.470. The Morgan fingerprint density at radius 2 is 1.64 bits per heavy atom. The van der Waals surface area contributed by atoms with Crippen LogP contribution in [-0.2, 0) is 19.6 Å². The van der Waals surface area contributed by atoms with Gasteiger partial charge in [0, 0.05) is 25.9 Å². The Balaban J connectivity index is 1.78. The van der Waals surface area contributed by atoms with Gasteiger partial charge in [0.1, 0.15) is 0 Å². The third-order valence-electron chi connectivity index (χ3n) is 4.25. The number of likely N-dealkylation sites (tertiary alicyclic amines) is 1. The monoisotopic (exact) mass is 322 g/mol. The molecular formula is C15H18N2O4S. The molecule has 3 rings (SSSR count). The fourth-order valence-electron chi connectivity index (χ4n) is 2.90. The number of carbonyl (C=O) groups is 2. The van der Waals surface area contributed by atoms with Gasteiger partial charge in [-0.2, -0.15) is 4.31 Å². The van der Waals surface area contributed by atoms with Crippen molar-refractivity contribution < 1.29 is 18.0 Å². The standard InChI is InChI=1S/C15H18N2O4S/c1-10-3-4-11(2)13(7-10)22(20,21)16-8-12(9-16)17-14(18)5-6-15(17)19/h3-4,7,12H,5-6,8-9H2,1-2H3. The molecule has 1 aromatic rings. The number of sulfonamides is 1. The summed E-state index contributed by atoms with van der Waals surface area (Å²) in [4.78, 5) is 24.9. The van der Waals surface area contributed by atoms with Crippen LogP contribution >= 0.6 is 0 Å². The van der Waals surface area contributed by atoms with E-state index in [0.717, 1.165) is 5.56 Å². The zero-order chi connectivity index (χ0) is 16.1. The molecule has 7 heteroatoms. The van der Waals surface area contributed by atoms with Gasteiger partial charge < -0.3 is 0 Å². The van der Waals surface area contributed by atoms with Crippen molar-refractivity contribution in [3.63, 3.8) is 0 Å². The molecule has 118 valence electrons. The fraction of sp³-hybridized carbons (Fsp3) is 0.467. The average molecular weight is 322 g/mol. The van der Waals surface area contributed by atoms with Gasteiger partial charge >= 0.3 is 0 Å². The highest BCUT2D eigenvalue weighted by Crippen LogP contribution is 2.29. The van der Waals surface area contributed by atoms with Crippen molar-refractivity contribution in [3.8, 4) is 0 Å². The minimum atomic E-state index is -3.57. The number of hydrogen-bond donors (Lipinski definition) is 0. The second-order valence-corrected chi connectivity index (χ2v) is 7.81. The second-order valence-electron chi connectivity index (χ2n) is 5.90. The summed E-state index contributed by atoms with van der Waals surface area (Å²) in [6.45, 7) is 3.98. The van der Waals surface area contributed by atoms with Gasteiger partial charge in [-0.25, -0.2) is 8.42 Å². The molecule has 22 heavy (non-hydrogen) atoms. The number of rotatable bonds is 3. The van der Waals surface area contributed by atoms with Crippen LogP contribution in [0.2, 0.25) is 0 Å². The molecule has 2 fully saturated rings. The van der Waals surface area contributed by atoms with Gasteiger partial charge in [-0.1, -0.05) is 12.1 Å². The lowest BCUT2D eigenvalue weighted by Crippen LogP contribution is -2.62. The quantitative estimate of drug-likeness (QED) is 0.772. The van der Waals surface area contributed by atoms with Crippen LogP contribution in [0.3, 0.4) is 0 Å². The normalized spacial score (nSPS) is 20.5. The van der Waals surface area contributed by atoms with Crippen molar-refractivity contribution >= 4 is 21.8 Å². The fourth-order valence-corrected chi connectivity index (χ4v) is 4.73. The van der Waals surface area contributed by atoms with Crippen LogP contribution in [0.5, 0.6) is 0 Å². The van der Waals surface area contributed by atoms with E-state index in [1.165, 1.54) is 9.21 Å². The van der Waals surface area contributed by atoms with Crippen molar-refractivity contribution in [1.82, 2.24) is 9.21 Å². The van der Waals surface area contributed by atoms with E-state index in [0.29, 0.717) is 10.5 Å². The van der Waals surface area contributed by atoms with Gasteiger partial charge in [0.2, 0.25) is 21.8 Å². The van der Waals surface area contributed by atoms with Gasteiger partial charge in [0.25, 0.3) is 0 Å². The highest BCUT2D eigenvalue weighted by Gasteiger charge is 2.45. The third kappa shape index (κ3) is 2.34. The van der Waals surface area contributed by atoms with E-state index in [1.807, 2.05) is 13.0 Å². The predicted molar refractivity (Wildman–Crippen MR) is 79.5 cm³/mol. The molecule has 0 aromatic heterocycles. The maximum Gasteiger partial charge on any atom is 0.243 e. The first-order chi connectivity index (χ1) is 10.3. The SMILES string of the molecule is Cc1ccc(C)c(S(=O)(=O)N2CC(N3C(=O)CCC3=O)C2)c1. The molecule has 2 heterocycles. The molecule has 0 saturated carbocycles. The molecule has 0 atom stereocenters. The van der Waals surface area contributed by atoms with Gasteiger partial charge in [0.15, 0.2) is 0 Å². The molecule has 2 amide bonds. The Bertz CT molecular complexity index is 735. The van der Waals surface area contributed by atoms with Crippen molar-refractivity contribution in [2.75, 3.05) is 13.1 Å². The molecule has 0 N–H and O–H groups in total. The van der Waals surface area contributed by atoms with Crippen molar-refractivity contribution in [1.29, 1.82) is 0 Å². The van der Waals surface area contributed by atoms with Crippen LogP contribution in [0.15, 0.2) is 23.1 Å². The van der Waals surface area contributed by atoms with Crippen LogP contribution in [-0.4, -0.2) is 48.6 Å². The molecule has 0 bridgehead atoms. The van der Waals surface area contributed by atoms with Crippen molar-refractivity contribution in [2.24, 2.45) is 0 Å². The number of benzene rings is 1. The number of hydrogen-bond acceptors (Lipinski definition) is 4. The molecule has 0 unspecified atom stereocenters. The average Bonchev–Trinajstić information content (AvgIpc) is 2.71. The van der Waals surface area contributed by atoms with Crippen LogP contribution in [0.25, 0.3) is 0 Å². The number of nitrogens with zero attached hydrogens (tertiary/aromatic N) is 2. The Labute approximate surface area is 129 Å². The molecule has 2 saturated heterocycles. The van der Waals surface area contributed by atoms with Gasteiger partial charge in [0.05, 0.1) is 10.9 Å². The van der Waals surface area contributed by atoms with E-state index in [4.69, 9.17) is 0 Å². The molecule has 2 aliphatic rings. The second kappa shape index (κ2) is 5.17. The van der Waals surface area contributed by atoms with Crippen molar-refractivity contribution in [2.45, 2.75) is 37.6 Å². The molecule has 1 aromatic carbocycles. The maximum absolute atomic E-state index is 12.6. The summed E-state index contributed by atoms with van der Waals surface area (Å²) in [6, 6.07) is 4.99. The first-order valence-electron chi connectivity index (χ1n) is 7.23. The highest BCUT2D eigenvalue weighted by molar-refractivity contribution is 7.89.